The van der Waals surface area contributed by atoms with Gasteiger partial charge in [-0.15, -0.1) is 0 Å². The van der Waals surface area contributed by atoms with E-state index in [0.29, 0.717) is 24.8 Å². The number of benzene rings is 1. The molecule has 3 aliphatic heterocycles. The normalized spacial score (nSPS) is 27.3. The van der Waals surface area contributed by atoms with Gasteiger partial charge in [0.25, 0.3) is 0 Å². The molecule has 0 aromatic heterocycles. The van der Waals surface area contributed by atoms with Crippen LogP contribution in [-0.4, -0.2) is 51.1 Å². The molecule has 2 amide bonds. The van der Waals surface area contributed by atoms with E-state index in [9.17, 15) is 23.9 Å². The van der Waals surface area contributed by atoms with Crippen molar-refractivity contribution in [1.29, 1.82) is 0 Å². The van der Waals surface area contributed by atoms with E-state index in [-0.39, 0.29) is 31.2 Å². The Morgan fingerprint density at radius 2 is 2.08 bits per heavy atom. The molecule has 1 aromatic rings. The van der Waals surface area contributed by atoms with Crippen LogP contribution in [0.2, 0.25) is 0 Å². The van der Waals surface area contributed by atoms with Crippen molar-refractivity contribution in [3.63, 3.8) is 0 Å². The molecule has 3 heterocycles. The monoisotopic (exact) mass is 362 g/mol. The van der Waals surface area contributed by atoms with Crippen molar-refractivity contribution in [2.75, 3.05) is 0 Å². The first-order chi connectivity index (χ1) is 12.5. The Labute approximate surface area is 149 Å². The number of halogens is 1. The van der Waals surface area contributed by atoms with Crippen molar-refractivity contribution in [1.82, 2.24) is 9.80 Å². The molecule has 4 rings (SSSR count). The van der Waals surface area contributed by atoms with E-state index >= 15 is 0 Å². The molecular weight excluding hydrogens is 343 g/mol. The van der Waals surface area contributed by atoms with Crippen LogP contribution in [0, 0.1) is 5.82 Å². The standard InChI is InChI=1S/C18H19FN2O5/c19-12-4-1-3-10-8-20(9-11(10)12)18(25)26-15-7-14(17(23)24)21-13(15)5-2-6-16(21)22/h1,3-4,13-15H,2,5-9H2,(H,23,24)/t13-,14+,15-/m1/s1. The highest BCUT2D eigenvalue weighted by Crippen LogP contribution is 2.35. The predicted octanol–water partition coefficient (Wildman–Crippen LogP) is 1.88. The van der Waals surface area contributed by atoms with Crippen molar-refractivity contribution < 1.29 is 28.6 Å². The van der Waals surface area contributed by atoms with Gasteiger partial charge in [0.2, 0.25) is 5.91 Å². The van der Waals surface area contributed by atoms with Gasteiger partial charge < -0.3 is 14.7 Å². The summed E-state index contributed by atoms with van der Waals surface area (Å²) in [5.41, 5.74) is 1.22. The Balaban J connectivity index is 1.47. The van der Waals surface area contributed by atoms with Crippen LogP contribution < -0.4 is 0 Å². The molecule has 1 N–H and O–H groups in total. The number of carbonyl (C=O) groups is 3. The lowest BCUT2D eigenvalue weighted by Gasteiger charge is -2.33. The molecule has 2 saturated heterocycles. The number of carbonyl (C=O) groups excluding carboxylic acids is 2. The first-order valence-corrected chi connectivity index (χ1v) is 8.71. The summed E-state index contributed by atoms with van der Waals surface area (Å²) in [5.74, 6) is -1.64. The number of piperidine rings is 1. The molecule has 1 aromatic carbocycles. The van der Waals surface area contributed by atoms with E-state index in [2.05, 4.69) is 0 Å². The molecule has 0 bridgehead atoms. The summed E-state index contributed by atoms with van der Waals surface area (Å²) >= 11 is 0. The molecule has 0 radical (unpaired) electrons. The number of amides is 2. The highest BCUT2D eigenvalue weighted by Gasteiger charge is 2.50. The van der Waals surface area contributed by atoms with E-state index in [4.69, 9.17) is 4.74 Å². The molecule has 7 nitrogen and oxygen atoms in total. The number of fused-ring (bicyclic) bond motifs is 2. The molecule has 0 aliphatic carbocycles. The van der Waals surface area contributed by atoms with Crippen LogP contribution >= 0.6 is 0 Å². The lowest BCUT2D eigenvalue weighted by atomic mass is 10.0. The summed E-state index contributed by atoms with van der Waals surface area (Å²) in [6.45, 7) is 0.386. The van der Waals surface area contributed by atoms with Gasteiger partial charge in [-0.1, -0.05) is 12.1 Å². The lowest BCUT2D eigenvalue weighted by Crippen LogP contribution is -2.49. The first kappa shape index (κ1) is 16.8. The third-order valence-corrected chi connectivity index (χ3v) is 5.48. The first-order valence-electron chi connectivity index (χ1n) is 8.71. The van der Waals surface area contributed by atoms with Crippen LogP contribution in [0.25, 0.3) is 0 Å². The average molecular weight is 362 g/mol. The van der Waals surface area contributed by atoms with Crippen LogP contribution in [0.15, 0.2) is 18.2 Å². The van der Waals surface area contributed by atoms with Gasteiger partial charge in [-0.05, 0) is 24.5 Å². The second-order valence-electron chi connectivity index (χ2n) is 7.01. The largest absolute Gasteiger partial charge is 0.480 e. The Morgan fingerprint density at radius 3 is 2.81 bits per heavy atom. The zero-order valence-electron chi connectivity index (χ0n) is 14.1. The number of rotatable bonds is 2. The van der Waals surface area contributed by atoms with Crippen molar-refractivity contribution in [3.8, 4) is 0 Å². The molecule has 2 fully saturated rings. The fraction of sp³-hybridized carbons (Fsp3) is 0.500. The van der Waals surface area contributed by atoms with Crippen molar-refractivity contribution in [2.45, 2.75) is 57.0 Å². The van der Waals surface area contributed by atoms with Crippen LogP contribution in [0.1, 0.15) is 36.8 Å². The maximum Gasteiger partial charge on any atom is 0.410 e. The molecule has 3 aliphatic rings. The SMILES string of the molecule is O=C(O)[C@@H]1C[C@@H](OC(=O)N2Cc3cccc(F)c3C2)[C@H]2CCCC(=O)N21. The highest BCUT2D eigenvalue weighted by molar-refractivity contribution is 5.85. The van der Waals surface area contributed by atoms with Crippen LogP contribution in [0.5, 0.6) is 0 Å². The van der Waals surface area contributed by atoms with E-state index in [1.165, 1.54) is 15.9 Å². The molecule has 0 unspecified atom stereocenters. The summed E-state index contributed by atoms with van der Waals surface area (Å²) in [6.07, 6.45) is 0.424. The molecule has 3 atom stereocenters. The minimum Gasteiger partial charge on any atom is -0.480 e. The van der Waals surface area contributed by atoms with Gasteiger partial charge in [0.15, 0.2) is 0 Å². The number of nitrogens with zero attached hydrogens (tertiary/aromatic N) is 2. The van der Waals surface area contributed by atoms with E-state index in [1.807, 2.05) is 0 Å². The Bertz CT molecular complexity index is 783. The Kier molecular flexibility index (Phi) is 4.05. The number of hydrogen-bond acceptors (Lipinski definition) is 4. The summed E-state index contributed by atoms with van der Waals surface area (Å²) in [4.78, 5) is 38.9. The molecule has 138 valence electrons. The summed E-state index contributed by atoms with van der Waals surface area (Å²) in [7, 11) is 0. The topological polar surface area (TPSA) is 87.1 Å². The Hall–Kier alpha value is -2.64. The second kappa shape index (κ2) is 6.26. The lowest BCUT2D eigenvalue weighted by molar-refractivity contribution is -0.151. The smallest absolute Gasteiger partial charge is 0.410 e. The van der Waals surface area contributed by atoms with Gasteiger partial charge in [0.05, 0.1) is 12.6 Å². The quantitative estimate of drug-likeness (QED) is 0.868. The molecule has 0 saturated carbocycles. The molecular formula is C18H19FN2O5. The summed E-state index contributed by atoms with van der Waals surface area (Å²) < 4.78 is 19.4. The third-order valence-electron chi connectivity index (χ3n) is 5.48. The van der Waals surface area contributed by atoms with Crippen LogP contribution in [0.3, 0.4) is 0 Å². The third kappa shape index (κ3) is 2.69. The number of carboxylic acids is 1. The number of carboxylic acid groups (broad SMARTS) is 1. The fourth-order valence-electron chi connectivity index (χ4n) is 4.24. The van der Waals surface area contributed by atoms with Crippen LogP contribution in [0.4, 0.5) is 9.18 Å². The predicted molar refractivity (Wildman–Crippen MR) is 86.4 cm³/mol. The van der Waals surface area contributed by atoms with Crippen molar-refractivity contribution >= 4 is 18.0 Å². The van der Waals surface area contributed by atoms with E-state index < -0.39 is 30.3 Å². The average Bonchev–Trinajstić information content (AvgIpc) is 3.19. The molecule has 8 heteroatoms. The Morgan fingerprint density at radius 1 is 1.27 bits per heavy atom. The van der Waals surface area contributed by atoms with Gasteiger partial charge in [-0.3, -0.25) is 9.69 Å². The molecule has 26 heavy (non-hydrogen) atoms. The zero-order valence-corrected chi connectivity index (χ0v) is 14.1. The number of ether oxygens (including phenoxy) is 1. The second-order valence-corrected chi connectivity index (χ2v) is 7.01. The van der Waals surface area contributed by atoms with Crippen LogP contribution in [-0.2, 0) is 27.4 Å². The fourth-order valence-corrected chi connectivity index (χ4v) is 4.24. The number of hydrogen-bond donors (Lipinski definition) is 1. The summed E-state index contributed by atoms with van der Waals surface area (Å²) in [6, 6.07) is 3.36. The molecule has 0 spiro atoms. The van der Waals surface area contributed by atoms with Crippen molar-refractivity contribution in [2.24, 2.45) is 0 Å². The zero-order chi connectivity index (χ0) is 18.4. The van der Waals surface area contributed by atoms with Gasteiger partial charge >= 0.3 is 12.1 Å². The van der Waals surface area contributed by atoms with E-state index in [0.717, 1.165) is 5.56 Å². The maximum absolute atomic E-state index is 13.8. The van der Waals surface area contributed by atoms with Gasteiger partial charge in [0.1, 0.15) is 18.0 Å². The maximum atomic E-state index is 13.8. The van der Waals surface area contributed by atoms with E-state index in [1.54, 1.807) is 12.1 Å². The van der Waals surface area contributed by atoms with Crippen molar-refractivity contribution in [3.05, 3.63) is 35.1 Å². The van der Waals surface area contributed by atoms with Gasteiger partial charge in [0, 0.05) is 24.9 Å². The highest BCUT2D eigenvalue weighted by atomic mass is 19.1. The minimum atomic E-state index is -1.08. The van der Waals surface area contributed by atoms with Gasteiger partial charge in [-0.25, -0.2) is 14.0 Å². The van der Waals surface area contributed by atoms with Gasteiger partial charge in [-0.2, -0.15) is 0 Å². The summed E-state index contributed by atoms with van der Waals surface area (Å²) in [5, 5.41) is 9.40. The number of aliphatic carboxylic acids is 1. The minimum absolute atomic E-state index is 0.0899.